The topological polar surface area (TPSA) is 76.1 Å². The molecule has 0 aliphatic carbocycles. The molecule has 6 heteroatoms. The molecule has 1 amide bonds. The average Bonchev–Trinajstić information content (AvgIpc) is 2.77. The van der Waals surface area contributed by atoms with E-state index in [2.05, 4.69) is 6.58 Å². The maximum Gasteiger partial charge on any atom is 0.255 e. The SMILES string of the molecule is C=Cc1c(O)cccc1OC[C@@H]1CCCCN1C(=O)c1cccc(OC(C)C)c1C=O. The summed E-state index contributed by atoms with van der Waals surface area (Å²) < 4.78 is 11.7. The van der Waals surface area contributed by atoms with Crippen LogP contribution in [0.25, 0.3) is 6.08 Å². The number of phenols is 1. The number of rotatable bonds is 8. The van der Waals surface area contributed by atoms with E-state index >= 15 is 0 Å². The zero-order valence-corrected chi connectivity index (χ0v) is 18.0. The molecule has 2 aromatic rings. The molecule has 0 aromatic heterocycles. The lowest BCUT2D eigenvalue weighted by atomic mass is 9.99. The maximum atomic E-state index is 13.4. The van der Waals surface area contributed by atoms with E-state index in [9.17, 15) is 14.7 Å². The van der Waals surface area contributed by atoms with Gasteiger partial charge in [-0.1, -0.05) is 24.8 Å². The Kier molecular flexibility index (Phi) is 7.34. The Labute approximate surface area is 183 Å². The van der Waals surface area contributed by atoms with Gasteiger partial charge < -0.3 is 19.5 Å². The molecule has 0 saturated carbocycles. The molecule has 0 radical (unpaired) electrons. The number of piperidine rings is 1. The first-order valence-corrected chi connectivity index (χ1v) is 10.6. The van der Waals surface area contributed by atoms with Crippen LogP contribution in [0.4, 0.5) is 0 Å². The van der Waals surface area contributed by atoms with Crippen molar-refractivity contribution in [1.29, 1.82) is 0 Å². The number of carbonyl (C=O) groups excluding carboxylic acids is 2. The Morgan fingerprint density at radius 1 is 1.19 bits per heavy atom. The van der Waals surface area contributed by atoms with Gasteiger partial charge in [-0.2, -0.15) is 0 Å². The predicted molar refractivity (Wildman–Crippen MR) is 120 cm³/mol. The van der Waals surface area contributed by atoms with Gasteiger partial charge >= 0.3 is 0 Å². The van der Waals surface area contributed by atoms with E-state index in [1.165, 1.54) is 0 Å². The van der Waals surface area contributed by atoms with Crippen molar-refractivity contribution in [2.45, 2.75) is 45.3 Å². The van der Waals surface area contributed by atoms with Crippen LogP contribution < -0.4 is 9.47 Å². The summed E-state index contributed by atoms with van der Waals surface area (Å²) in [4.78, 5) is 27.0. The highest BCUT2D eigenvalue weighted by atomic mass is 16.5. The summed E-state index contributed by atoms with van der Waals surface area (Å²) >= 11 is 0. The molecule has 1 fully saturated rings. The average molecular weight is 424 g/mol. The Balaban J connectivity index is 1.82. The van der Waals surface area contributed by atoms with Crippen LogP contribution >= 0.6 is 0 Å². The lowest BCUT2D eigenvalue weighted by Crippen LogP contribution is -2.47. The Hall–Kier alpha value is -3.28. The highest BCUT2D eigenvalue weighted by Crippen LogP contribution is 2.30. The van der Waals surface area contributed by atoms with E-state index in [1.807, 2.05) is 13.8 Å². The molecule has 2 aromatic carbocycles. The van der Waals surface area contributed by atoms with Crippen LogP contribution in [0.15, 0.2) is 43.0 Å². The van der Waals surface area contributed by atoms with Gasteiger partial charge in [-0.05, 0) is 57.4 Å². The number of ether oxygens (including phenoxy) is 2. The molecular weight excluding hydrogens is 394 g/mol. The molecule has 1 saturated heterocycles. The minimum absolute atomic E-state index is 0.0988. The summed E-state index contributed by atoms with van der Waals surface area (Å²) in [6.45, 7) is 8.36. The largest absolute Gasteiger partial charge is 0.507 e. The smallest absolute Gasteiger partial charge is 0.255 e. The van der Waals surface area contributed by atoms with Crippen molar-refractivity contribution in [1.82, 2.24) is 4.90 Å². The van der Waals surface area contributed by atoms with Gasteiger partial charge in [0.05, 0.1) is 28.8 Å². The van der Waals surface area contributed by atoms with Crippen molar-refractivity contribution in [2.24, 2.45) is 0 Å². The van der Waals surface area contributed by atoms with E-state index < -0.39 is 0 Å². The molecule has 1 heterocycles. The summed E-state index contributed by atoms with van der Waals surface area (Å²) in [6.07, 6.45) is 4.80. The highest BCUT2D eigenvalue weighted by Gasteiger charge is 2.30. The highest BCUT2D eigenvalue weighted by molar-refractivity contribution is 6.03. The monoisotopic (exact) mass is 423 g/mol. The summed E-state index contributed by atoms with van der Waals surface area (Å²) in [5.74, 6) is 0.830. The number of phenolic OH excluding ortho intramolecular Hbond substituents is 1. The number of hydrogen-bond acceptors (Lipinski definition) is 5. The number of aromatic hydroxyl groups is 1. The molecule has 1 aliphatic heterocycles. The molecular formula is C25H29NO5. The van der Waals surface area contributed by atoms with Crippen LogP contribution in [-0.4, -0.2) is 47.5 Å². The number of hydrogen-bond donors (Lipinski definition) is 1. The van der Waals surface area contributed by atoms with Crippen LogP contribution in [0.2, 0.25) is 0 Å². The van der Waals surface area contributed by atoms with Crippen molar-refractivity contribution in [3.8, 4) is 17.2 Å². The van der Waals surface area contributed by atoms with Crippen molar-refractivity contribution in [2.75, 3.05) is 13.2 Å². The van der Waals surface area contributed by atoms with Gasteiger partial charge in [-0.3, -0.25) is 9.59 Å². The predicted octanol–water partition coefficient (Wildman–Crippen LogP) is 4.71. The first-order valence-electron chi connectivity index (χ1n) is 10.6. The summed E-state index contributed by atoms with van der Waals surface area (Å²) in [7, 11) is 0. The van der Waals surface area contributed by atoms with Gasteiger partial charge in [-0.25, -0.2) is 0 Å². The van der Waals surface area contributed by atoms with E-state index in [1.54, 1.807) is 47.4 Å². The van der Waals surface area contributed by atoms with Gasteiger partial charge in [0.1, 0.15) is 23.9 Å². The first kappa shape index (κ1) is 22.4. The van der Waals surface area contributed by atoms with E-state index in [0.717, 1.165) is 19.3 Å². The van der Waals surface area contributed by atoms with Crippen LogP contribution in [0.3, 0.4) is 0 Å². The van der Waals surface area contributed by atoms with Gasteiger partial charge in [0.2, 0.25) is 0 Å². The molecule has 1 aliphatic rings. The molecule has 0 spiro atoms. The summed E-state index contributed by atoms with van der Waals surface area (Å²) in [6, 6.07) is 10.0. The summed E-state index contributed by atoms with van der Waals surface area (Å²) in [5, 5.41) is 10.0. The van der Waals surface area contributed by atoms with Crippen molar-refractivity contribution in [3.63, 3.8) is 0 Å². The number of benzene rings is 2. The van der Waals surface area contributed by atoms with Crippen LogP contribution in [0.1, 0.15) is 59.4 Å². The number of carbonyl (C=O) groups is 2. The zero-order chi connectivity index (χ0) is 22.4. The molecule has 1 atom stereocenters. The van der Waals surface area contributed by atoms with Crippen LogP contribution in [0.5, 0.6) is 17.2 Å². The van der Waals surface area contributed by atoms with Crippen molar-refractivity contribution in [3.05, 3.63) is 59.7 Å². The van der Waals surface area contributed by atoms with Gasteiger partial charge in [0, 0.05) is 6.54 Å². The second-order valence-corrected chi connectivity index (χ2v) is 7.85. The number of nitrogens with zero attached hydrogens (tertiary/aromatic N) is 1. The molecule has 1 N–H and O–H groups in total. The minimum Gasteiger partial charge on any atom is -0.507 e. The fourth-order valence-electron chi connectivity index (χ4n) is 3.85. The van der Waals surface area contributed by atoms with E-state index in [-0.39, 0.29) is 36.0 Å². The van der Waals surface area contributed by atoms with Crippen molar-refractivity contribution >= 4 is 18.3 Å². The Bertz CT molecular complexity index is 953. The third kappa shape index (κ3) is 5.08. The van der Waals surface area contributed by atoms with Gasteiger partial charge in [-0.15, -0.1) is 0 Å². The Morgan fingerprint density at radius 3 is 2.65 bits per heavy atom. The van der Waals surface area contributed by atoms with Crippen LogP contribution in [0, 0.1) is 0 Å². The van der Waals surface area contributed by atoms with Gasteiger partial charge in [0.25, 0.3) is 5.91 Å². The number of amides is 1. The molecule has 0 unspecified atom stereocenters. The second-order valence-electron chi connectivity index (χ2n) is 7.85. The van der Waals surface area contributed by atoms with Gasteiger partial charge in [0.15, 0.2) is 6.29 Å². The second kappa shape index (κ2) is 10.2. The van der Waals surface area contributed by atoms with E-state index in [0.29, 0.717) is 35.5 Å². The molecule has 6 nitrogen and oxygen atoms in total. The number of aldehydes is 1. The lowest BCUT2D eigenvalue weighted by molar-refractivity contribution is 0.0525. The molecule has 3 rings (SSSR count). The summed E-state index contributed by atoms with van der Waals surface area (Å²) in [5.41, 5.74) is 1.13. The standard InChI is InChI=1S/C25H29NO5/c1-4-19-22(28)11-8-12-23(19)30-16-18-9-5-6-14-26(18)25(29)20-10-7-13-24(21(20)15-27)31-17(2)3/h4,7-8,10-13,15,17-18,28H,1,5-6,9,14,16H2,2-3H3/t18-/m0/s1. The minimum atomic E-state index is -0.204. The normalized spacial score (nSPS) is 16.1. The Morgan fingerprint density at radius 2 is 1.94 bits per heavy atom. The quantitative estimate of drug-likeness (QED) is 0.623. The molecule has 31 heavy (non-hydrogen) atoms. The fourth-order valence-corrected chi connectivity index (χ4v) is 3.85. The fraction of sp³-hybridized carbons (Fsp3) is 0.360. The third-order valence-corrected chi connectivity index (χ3v) is 5.34. The zero-order valence-electron chi connectivity index (χ0n) is 18.0. The number of likely N-dealkylation sites (tertiary alicyclic amines) is 1. The molecule has 164 valence electrons. The van der Waals surface area contributed by atoms with E-state index in [4.69, 9.17) is 9.47 Å². The molecule has 0 bridgehead atoms. The lowest BCUT2D eigenvalue weighted by Gasteiger charge is -2.36. The van der Waals surface area contributed by atoms with Crippen molar-refractivity contribution < 1.29 is 24.2 Å². The third-order valence-electron chi connectivity index (χ3n) is 5.34. The first-order chi connectivity index (χ1) is 15.0. The van der Waals surface area contributed by atoms with Crippen LogP contribution in [-0.2, 0) is 0 Å². The maximum absolute atomic E-state index is 13.4.